The van der Waals surface area contributed by atoms with Crippen LogP contribution in [0.4, 0.5) is 10.5 Å². The third-order valence-corrected chi connectivity index (χ3v) is 4.08. The number of sulfonamides is 1. The van der Waals surface area contributed by atoms with Gasteiger partial charge in [-0.1, -0.05) is 6.07 Å². The summed E-state index contributed by atoms with van der Waals surface area (Å²) in [4.78, 5) is 13.7. The maximum absolute atomic E-state index is 12.0. The standard InChI is InChI=1S/C12H17N3O3S/c1-9-4-5-10(19(13,17)18)8-11(9)14-12(16)15-6-2-3-7-15/h4-5,8H,2-3,6-7H2,1H3,(H,14,16)(H2,13,17,18). The number of nitrogens with two attached hydrogens (primary N) is 1. The quantitative estimate of drug-likeness (QED) is 0.856. The number of nitrogens with zero attached hydrogens (tertiary/aromatic N) is 1. The minimum absolute atomic E-state index is 0.00479. The van der Waals surface area contributed by atoms with Gasteiger partial charge in [0.1, 0.15) is 0 Å². The Hall–Kier alpha value is -1.60. The second-order valence-electron chi connectivity index (χ2n) is 4.65. The highest BCUT2D eigenvalue weighted by atomic mass is 32.2. The second-order valence-corrected chi connectivity index (χ2v) is 6.21. The van der Waals surface area contributed by atoms with Gasteiger partial charge in [-0.3, -0.25) is 0 Å². The molecule has 1 fully saturated rings. The number of benzene rings is 1. The Morgan fingerprint density at radius 1 is 1.32 bits per heavy atom. The van der Waals surface area contributed by atoms with Crippen LogP contribution < -0.4 is 10.5 Å². The zero-order valence-electron chi connectivity index (χ0n) is 10.7. The summed E-state index contributed by atoms with van der Waals surface area (Å²) >= 11 is 0. The van der Waals surface area contributed by atoms with Crippen LogP contribution in [0.2, 0.25) is 0 Å². The van der Waals surface area contributed by atoms with Gasteiger partial charge in [-0.2, -0.15) is 0 Å². The topological polar surface area (TPSA) is 92.5 Å². The van der Waals surface area contributed by atoms with Crippen molar-refractivity contribution in [2.24, 2.45) is 5.14 Å². The van der Waals surface area contributed by atoms with Crippen LogP contribution in [-0.2, 0) is 10.0 Å². The van der Waals surface area contributed by atoms with Gasteiger partial charge >= 0.3 is 6.03 Å². The predicted molar refractivity (Wildman–Crippen MR) is 72.4 cm³/mol. The first-order chi connectivity index (χ1) is 8.88. The molecule has 1 aliphatic heterocycles. The zero-order valence-corrected chi connectivity index (χ0v) is 11.5. The number of anilines is 1. The van der Waals surface area contributed by atoms with Crippen LogP contribution in [0.15, 0.2) is 23.1 Å². The fourth-order valence-corrected chi connectivity index (χ4v) is 2.57. The van der Waals surface area contributed by atoms with E-state index in [2.05, 4.69) is 5.32 Å². The minimum Gasteiger partial charge on any atom is -0.325 e. The van der Waals surface area contributed by atoms with E-state index in [1.807, 2.05) is 0 Å². The molecule has 1 heterocycles. The monoisotopic (exact) mass is 283 g/mol. The molecule has 0 radical (unpaired) electrons. The number of primary sulfonamides is 1. The van der Waals surface area contributed by atoms with Gasteiger partial charge in [0, 0.05) is 18.8 Å². The molecule has 2 rings (SSSR count). The summed E-state index contributed by atoms with van der Waals surface area (Å²) in [7, 11) is -3.76. The summed E-state index contributed by atoms with van der Waals surface area (Å²) < 4.78 is 22.6. The summed E-state index contributed by atoms with van der Waals surface area (Å²) in [5.41, 5.74) is 1.27. The lowest BCUT2D eigenvalue weighted by Gasteiger charge is -2.17. The van der Waals surface area contributed by atoms with Crippen molar-refractivity contribution in [1.29, 1.82) is 0 Å². The molecule has 0 atom stereocenters. The summed E-state index contributed by atoms with van der Waals surface area (Å²) in [6, 6.07) is 4.24. The molecule has 104 valence electrons. The van der Waals surface area contributed by atoms with Crippen LogP contribution in [0.25, 0.3) is 0 Å². The van der Waals surface area contributed by atoms with E-state index in [9.17, 15) is 13.2 Å². The fourth-order valence-electron chi connectivity index (χ4n) is 2.03. The SMILES string of the molecule is Cc1ccc(S(N)(=O)=O)cc1NC(=O)N1CCCC1. The lowest BCUT2D eigenvalue weighted by molar-refractivity contribution is 0.222. The number of likely N-dealkylation sites (tertiary alicyclic amines) is 1. The lowest BCUT2D eigenvalue weighted by Crippen LogP contribution is -2.32. The number of hydrogen-bond donors (Lipinski definition) is 2. The van der Waals surface area contributed by atoms with E-state index in [4.69, 9.17) is 5.14 Å². The van der Waals surface area contributed by atoms with Crippen LogP contribution in [0.5, 0.6) is 0 Å². The first-order valence-electron chi connectivity index (χ1n) is 6.07. The van der Waals surface area contributed by atoms with Crippen molar-refractivity contribution >= 4 is 21.7 Å². The molecule has 0 aromatic heterocycles. The molecule has 0 aliphatic carbocycles. The number of hydrogen-bond acceptors (Lipinski definition) is 3. The fraction of sp³-hybridized carbons (Fsp3) is 0.417. The van der Waals surface area contributed by atoms with Crippen molar-refractivity contribution < 1.29 is 13.2 Å². The number of urea groups is 1. The Kier molecular flexibility index (Phi) is 3.77. The zero-order chi connectivity index (χ0) is 14.0. The van der Waals surface area contributed by atoms with Gasteiger partial charge in [0.25, 0.3) is 0 Å². The van der Waals surface area contributed by atoms with Crippen molar-refractivity contribution in [3.8, 4) is 0 Å². The Morgan fingerprint density at radius 3 is 2.53 bits per heavy atom. The highest BCUT2D eigenvalue weighted by Gasteiger charge is 2.19. The van der Waals surface area contributed by atoms with Crippen molar-refractivity contribution in [1.82, 2.24) is 4.90 Å². The molecule has 0 bridgehead atoms. The predicted octanol–water partition coefficient (Wildman–Crippen LogP) is 1.27. The summed E-state index contributed by atoms with van der Waals surface area (Å²) in [6.07, 6.45) is 2.01. The number of rotatable bonds is 2. The van der Waals surface area contributed by atoms with Gasteiger partial charge in [-0.15, -0.1) is 0 Å². The molecule has 2 amide bonds. The third kappa shape index (κ3) is 3.24. The number of nitrogens with one attached hydrogen (secondary N) is 1. The molecule has 1 aliphatic rings. The van der Waals surface area contributed by atoms with Gasteiger partial charge < -0.3 is 10.2 Å². The first-order valence-corrected chi connectivity index (χ1v) is 7.62. The average molecular weight is 283 g/mol. The van der Waals surface area contributed by atoms with E-state index in [1.54, 1.807) is 17.9 Å². The van der Waals surface area contributed by atoms with E-state index < -0.39 is 10.0 Å². The Labute approximate surface area is 112 Å². The van der Waals surface area contributed by atoms with Crippen molar-refractivity contribution in [2.45, 2.75) is 24.7 Å². The van der Waals surface area contributed by atoms with E-state index in [0.29, 0.717) is 5.69 Å². The second kappa shape index (κ2) is 5.18. The van der Waals surface area contributed by atoms with Crippen LogP contribution in [0, 0.1) is 6.92 Å². The van der Waals surface area contributed by atoms with Crippen molar-refractivity contribution in [2.75, 3.05) is 18.4 Å². The summed E-state index contributed by atoms with van der Waals surface area (Å²) in [5, 5.41) is 7.81. The summed E-state index contributed by atoms with van der Waals surface area (Å²) in [6.45, 7) is 3.27. The van der Waals surface area contributed by atoms with E-state index in [1.165, 1.54) is 12.1 Å². The molecule has 6 nitrogen and oxygen atoms in total. The van der Waals surface area contributed by atoms with Crippen LogP contribution >= 0.6 is 0 Å². The molecule has 1 aromatic carbocycles. The number of amides is 2. The Bertz CT molecular complexity index is 592. The number of aryl methyl sites for hydroxylation is 1. The third-order valence-electron chi connectivity index (χ3n) is 3.17. The molecular formula is C12H17N3O3S. The molecule has 1 aromatic rings. The van der Waals surface area contributed by atoms with E-state index in [-0.39, 0.29) is 10.9 Å². The molecule has 1 saturated heterocycles. The average Bonchev–Trinajstić information content (AvgIpc) is 2.84. The highest BCUT2D eigenvalue weighted by Crippen LogP contribution is 2.20. The normalized spacial score (nSPS) is 15.6. The largest absolute Gasteiger partial charge is 0.325 e. The highest BCUT2D eigenvalue weighted by molar-refractivity contribution is 7.89. The molecule has 0 saturated carbocycles. The van der Waals surface area contributed by atoms with Gasteiger partial charge in [-0.25, -0.2) is 18.4 Å². The Morgan fingerprint density at radius 2 is 1.95 bits per heavy atom. The van der Waals surface area contributed by atoms with Crippen LogP contribution in [-0.4, -0.2) is 32.4 Å². The molecule has 0 unspecified atom stereocenters. The van der Waals surface area contributed by atoms with Gasteiger partial charge in [0.05, 0.1) is 4.90 Å². The van der Waals surface area contributed by atoms with Crippen molar-refractivity contribution in [3.63, 3.8) is 0 Å². The maximum Gasteiger partial charge on any atom is 0.321 e. The van der Waals surface area contributed by atoms with Gasteiger partial charge in [0.2, 0.25) is 10.0 Å². The molecule has 3 N–H and O–H groups in total. The van der Waals surface area contributed by atoms with E-state index in [0.717, 1.165) is 31.5 Å². The van der Waals surface area contributed by atoms with Crippen LogP contribution in [0.3, 0.4) is 0 Å². The molecule has 7 heteroatoms. The Balaban J connectivity index is 2.22. The lowest BCUT2D eigenvalue weighted by atomic mass is 10.2. The molecule has 0 spiro atoms. The van der Waals surface area contributed by atoms with Gasteiger partial charge in [-0.05, 0) is 37.5 Å². The van der Waals surface area contributed by atoms with E-state index >= 15 is 0 Å². The van der Waals surface area contributed by atoms with Crippen LogP contribution in [0.1, 0.15) is 18.4 Å². The first kappa shape index (κ1) is 13.8. The minimum atomic E-state index is -3.76. The van der Waals surface area contributed by atoms with Gasteiger partial charge in [0.15, 0.2) is 0 Å². The maximum atomic E-state index is 12.0. The summed E-state index contributed by atoms with van der Waals surface area (Å²) in [5.74, 6) is 0. The molecule has 19 heavy (non-hydrogen) atoms. The number of carbonyl (C=O) groups excluding carboxylic acids is 1. The smallest absolute Gasteiger partial charge is 0.321 e. The van der Waals surface area contributed by atoms with Crippen molar-refractivity contribution in [3.05, 3.63) is 23.8 Å². The number of carbonyl (C=O) groups is 1. The molecular weight excluding hydrogens is 266 g/mol.